The number of benzene rings is 1. The van der Waals surface area contributed by atoms with E-state index in [1.54, 1.807) is 17.8 Å². The monoisotopic (exact) mass is 306 g/mol. The number of aliphatic hydroxyl groups is 1. The normalized spacial score (nSPS) is 26.0. The van der Waals surface area contributed by atoms with Gasteiger partial charge in [0.1, 0.15) is 5.82 Å². The van der Waals surface area contributed by atoms with E-state index in [1.165, 1.54) is 12.1 Å². The summed E-state index contributed by atoms with van der Waals surface area (Å²) in [6.45, 7) is 2.14. The van der Waals surface area contributed by atoms with Crippen LogP contribution < -0.4 is 0 Å². The van der Waals surface area contributed by atoms with Gasteiger partial charge in [-0.05, 0) is 23.8 Å². The molecule has 1 fully saturated rings. The fourth-order valence-corrected chi connectivity index (χ4v) is 5.15. The second-order valence-corrected chi connectivity index (χ2v) is 7.60. The SMILES string of the molecule is CC1SCCSC1C(O)Cc1cc(F)ccc1Cl. The smallest absolute Gasteiger partial charge is 0.123 e. The molecule has 0 spiro atoms. The first-order chi connectivity index (χ1) is 8.58. The van der Waals surface area contributed by atoms with Gasteiger partial charge >= 0.3 is 0 Å². The summed E-state index contributed by atoms with van der Waals surface area (Å²) in [5.74, 6) is 1.89. The number of halogens is 2. The van der Waals surface area contributed by atoms with Gasteiger partial charge in [-0.1, -0.05) is 18.5 Å². The highest BCUT2D eigenvalue weighted by Crippen LogP contribution is 2.34. The van der Waals surface area contributed by atoms with E-state index in [-0.39, 0.29) is 11.1 Å². The van der Waals surface area contributed by atoms with E-state index in [4.69, 9.17) is 11.6 Å². The van der Waals surface area contributed by atoms with E-state index in [2.05, 4.69) is 6.92 Å². The molecule has 1 aromatic carbocycles. The molecule has 1 heterocycles. The minimum Gasteiger partial charge on any atom is -0.392 e. The van der Waals surface area contributed by atoms with Crippen LogP contribution in [0.2, 0.25) is 5.02 Å². The van der Waals surface area contributed by atoms with Crippen LogP contribution in [-0.2, 0) is 6.42 Å². The quantitative estimate of drug-likeness (QED) is 0.921. The highest BCUT2D eigenvalue weighted by Gasteiger charge is 2.29. The molecule has 0 bridgehead atoms. The molecule has 0 saturated carbocycles. The second-order valence-electron chi connectivity index (χ2n) is 4.42. The summed E-state index contributed by atoms with van der Waals surface area (Å²) >= 11 is 9.71. The lowest BCUT2D eigenvalue weighted by Gasteiger charge is -2.31. The minimum absolute atomic E-state index is 0.197. The van der Waals surface area contributed by atoms with Crippen molar-refractivity contribution in [1.29, 1.82) is 0 Å². The third kappa shape index (κ3) is 3.56. The van der Waals surface area contributed by atoms with Gasteiger partial charge in [-0.25, -0.2) is 4.39 Å². The molecule has 2 rings (SSSR count). The van der Waals surface area contributed by atoms with E-state index in [0.29, 0.717) is 22.3 Å². The maximum Gasteiger partial charge on any atom is 0.123 e. The van der Waals surface area contributed by atoms with Crippen molar-refractivity contribution in [3.8, 4) is 0 Å². The summed E-state index contributed by atoms with van der Waals surface area (Å²) in [4.78, 5) is 0. The lowest BCUT2D eigenvalue weighted by molar-refractivity contribution is 0.171. The van der Waals surface area contributed by atoms with Crippen LogP contribution >= 0.6 is 35.1 Å². The number of thioether (sulfide) groups is 2. The van der Waals surface area contributed by atoms with Gasteiger partial charge in [-0.15, -0.1) is 0 Å². The zero-order valence-corrected chi connectivity index (χ0v) is 12.5. The van der Waals surface area contributed by atoms with E-state index in [0.717, 1.165) is 11.5 Å². The third-order valence-corrected chi connectivity index (χ3v) is 6.66. The predicted molar refractivity (Wildman–Crippen MR) is 79.3 cm³/mol. The number of hydrogen-bond donors (Lipinski definition) is 1. The molecule has 3 unspecified atom stereocenters. The van der Waals surface area contributed by atoms with Gasteiger partial charge in [0.15, 0.2) is 0 Å². The molecule has 3 atom stereocenters. The van der Waals surface area contributed by atoms with Gasteiger partial charge in [-0.3, -0.25) is 0 Å². The number of aliphatic hydroxyl groups excluding tert-OH is 1. The van der Waals surface area contributed by atoms with Gasteiger partial charge in [0.2, 0.25) is 0 Å². The highest BCUT2D eigenvalue weighted by molar-refractivity contribution is 8.07. The molecular weight excluding hydrogens is 291 g/mol. The molecule has 1 saturated heterocycles. The Morgan fingerprint density at radius 2 is 2.17 bits per heavy atom. The first-order valence-corrected chi connectivity index (χ1v) is 8.40. The number of hydrogen-bond acceptors (Lipinski definition) is 3. The van der Waals surface area contributed by atoms with Crippen LogP contribution in [0.15, 0.2) is 18.2 Å². The predicted octanol–water partition coefficient (Wildman–Crippen LogP) is 3.62. The fraction of sp³-hybridized carbons (Fsp3) is 0.538. The average molecular weight is 307 g/mol. The van der Waals surface area contributed by atoms with Crippen LogP contribution in [-0.4, -0.2) is 33.2 Å². The fourth-order valence-electron chi connectivity index (χ4n) is 2.11. The Labute approximate surface area is 120 Å². The van der Waals surface area contributed by atoms with Gasteiger partial charge in [0.25, 0.3) is 0 Å². The Hall–Kier alpha value is 0.1000. The van der Waals surface area contributed by atoms with Gasteiger partial charge in [-0.2, -0.15) is 23.5 Å². The largest absolute Gasteiger partial charge is 0.392 e. The molecule has 18 heavy (non-hydrogen) atoms. The Balaban J connectivity index is 2.05. The van der Waals surface area contributed by atoms with Crippen molar-refractivity contribution >= 4 is 35.1 Å². The summed E-state index contributed by atoms with van der Waals surface area (Å²) in [7, 11) is 0. The molecule has 1 nitrogen and oxygen atoms in total. The summed E-state index contributed by atoms with van der Waals surface area (Å²) in [5, 5.41) is 11.4. The molecule has 5 heteroatoms. The van der Waals surface area contributed by atoms with Crippen LogP contribution in [0.4, 0.5) is 4.39 Å². The van der Waals surface area contributed by atoms with E-state index in [9.17, 15) is 9.50 Å². The Bertz CT molecular complexity index is 416. The summed E-state index contributed by atoms with van der Waals surface area (Å²) in [6, 6.07) is 4.30. The van der Waals surface area contributed by atoms with Crippen LogP contribution in [0.25, 0.3) is 0 Å². The van der Waals surface area contributed by atoms with Crippen molar-refractivity contribution in [2.75, 3.05) is 11.5 Å². The number of rotatable bonds is 3. The van der Waals surface area contributed by atoms with Crippen molar-refractivity contribution in [2.24, 2.45) is 0 Å². The van der Waals surface area contributed by atoms with Crippen LogP contribution in [0.1, 0.15) is 12.5 Å². The van der Waals surface area contributed by atoms with Crippen LogP contribution in [0.3, 0.4) is 0 Å². The third-order valence-electron chi connectivity index (χ3n) is 3.05. The van der Waals surface area contributed by atoms with Crippen molar-refractivity contribution in [1.82, 2.24) is 0 Å². The average Bonchev–Trinajstić information content (AvgIpc) is 2.34. The molecule has 0 aliphatic carbocycles. The molecule has 1 aromatic rings. The van der Waals surface area contributed by atoms with Crippen LogP contribution in [0, 0.1) is 5.82 Å². The van der Waals surface area contributed by atoms with E-state index in [1.807, 2.05) is 11.8 Å². The highest BCUT2D eigenvalue weighted by atomic mass is 35.5. The summed E-state index contributed by atoms with van der Waals surface area (Å²) in [5.41, 5.74) is 0.688. The second kappa shape index (κ2) is 6.51. The Kier molecular flexibility index (Phi) is 5.24. The molecule has 100 valence electrons. The Morgan fingerprint density at radius 3 is 2.89 bits per heavy atom. The van der Waals surface area contributed by atoms with Gasteiger partial charge in [0, 0.05) is 33.4 Å². The van der Waals surface area contributed by atoms with E-state index < -0.39 is 6.10 Å². The molecular formula is C13H16ClFOS2. The van der Waals surface area contributed by atoms with Crippen molar-refractivity contribution in [3.05, 3.63) is 34.6 Å². The first kappa shape index (κ1) is 14.5. The van der Waals surface area contributed by atoms with Crippen molar-refractivity contribution in [2.45, 2.75) is 29.9 Å². The molecule has 0 amide bonds. The molecule has 0 aromatic heterocycles. The molecule has 0 radical (unpaired) electrons. The molecule has 1 aliphatic rings. The van der Waals surface area contributed by atoms with E-state index >= 15 is 0 Å². The standard InChI is InChI=1S/C13H16ClFOS2/c1-8-13(18-5-4-17-8)12(16)7-9-6-10(15)2-3-11(9)14/h2-3,6,8,12-13,16H,4-5,7H2,1H3. The first-order valence-electron chi connectivity index (χ1n) is 5.93. The van der Waals surface area contributed by atoms with Crippen LogP contribution in [0.5, 0.6) is 0 Å². The summed E-state index contributed by atoms with van der Waals surface area (Å²) in [6.07, 6.45) is -0.0591. The lowest BCUT2D eigenvalue weighted by Crippen LogP contribution is -2.36. The maximum absolute atomic E-state index is 13.2. The molecule has 1 N–H and O–H groups in total. The maximum atomic E-state index is 13.2. The minimum atomic E-state index is -0.475. The zero-order valence-electron chi connectivity index (χ0n) is 10.1. The Morgan fingerprint density at radius 1 is 1.44 bits per heavy atom. The molecule has 1 aliphatic heterocycles. The van der Waals surface area contributed by atoms with Gasteiger partial charge < -0.3 is 5.11 Å². The van der Waals surface area contributed by atoms with Crippen molar-refractivity contribution in [3.63, 3.8) is 0 Å². The van der Waals surface area contributed by atoms with Gasteiger partial charge in [0.05, 0.1) is 6.10 Å². The summed E-state index contributed by atoms with van der Waals surface area (Å²) < 4.78 is 13.2. The van der Waals surface area contributed by atoms with Crippen molar-refractivity contribution < 1.29 is 9.50 Å². The topological polar surface area (TPSA) is 20.2 Å². The zero-order chi connectivity index (χ0) is 13.1. The lowest BCUT2D eigenvalue weighted by atomic mass is 10.0.